The molecule has 100 valence electrons. The molecule has 2 heteroatoms. The molecule has 20 heavy (non-hydrogen) atoms. The summed E-state index contributed by atoms with van der Waals surface area (Å²) < 4.78 is 2.40. The van der Waals surface area contributed by atoms with Gasteiger partial charge in [0.15, 0.2) is 0 Å². The number of hydrogen-bond donors (Lipinski definition) is 0. The Hall–Kier alpha value is -2.09. The maximum atomic E-state index is 4.85. The van der Waals surface area contributed by atoms with E-state index in [2.05, 4.69) is 60.0 Å². The van der Waals surface area contributed by atoms with Crippen molar-refractivity contribution < 1.29 is 0 Å². The quantitative estimate of drug-likeness (QED) is 0.689. The van der Waals surface area contributed by atoms with Gasteiger partial charge in [-0.25, -0.2) is 4.98 Å². The lowest BCUT2D eigenvalue weighted by atomic mass is 10.1. The van der Waals surface area contributed by atoms with Gasteiger partial charge in [0.25, 0.3) is 0 Å². The minimum atomic E-state index is 0.674. The molecule has 0 atom stereocenters. The predicted octanol–water partition coefficient (Wildman–Crippen LogP) is 4.27. The highest BCUT2D eigenvalue weighted by atomic mass is 15.1. The maximum Gasteiger partial charge on any atom is 0.113 e. The van der Waals surface area contributed by atoms with Gasteiger partial charge in [-0.15, -0.1) is 0 Å². The zero-order valence-corrected chi connectivity index (χ0v) is 11.7. The molecule has 1 heterocycles. The Bertz CT molecular complexity index is 749. The Morgan fingerprint density at radius 3 is 2.55 bits per heavy atom. The van der Waals surface area contributed by atoms with Crippen LogP contribution in [-0.4, -0.2) is 9.55 Å². The highest BCUT2D eigenvalue weighted by molar-refractivity contribution is 5.76. The minimum Gasteiger partial charge on any atom is -0.323 e. The molecule has 0 unspecified atom stereocenters. The first-order valence-electron chi connectivity index (χ1n) is 7.32. The molecule has 0 aliphatic heterocycles. The van der Waals surface area contributed by atoms with Gasteiger partial charge in [-0.2, -0.15) is 0 Å². The van der Waals surface area contributed by atoms with Crippen LogP contribution in [0, 0.1) is 6.92 Å². The number of para-hydroxylation sites is 2. The number of benzene rings is 2. The number of hydrogen-bond acceptors (Lipinski definition) is 1. The molecule has 3 aromatic rings. The molecule has 0 N–H and O–H groups in total. The minimum absolute atomic E-state index is 0.674. The van der Waals surface area contributed by atoms with Crippen molar-refractivity contribution in [1.82, 2.24) is 9.55 Å². The fraction of sp³-hybridized carbons (Fsp3) is 0.278. The van der Waals surface area contributed by atoms with Gasteiger partial charge >= 0.3 is 0 Å². The number of aromatic nitrogens is 2. The van der Waals surface area contributed by atoms with Crippen LogP contribution >= 0.6 is 0 Å². The number of aryl methyl sites for hydroxylation is 1. The summed E-state index contributed by atoms with van der Waals surface area (Å²) in [5.41, 5.74) is 5.05. The van der Waals surface area contributed by atoms with Crippen LogP contribution in [0.3, 0.4) is 0 Å². The van der Waals surface area contributed by atoms with Crippen molar-refractivity contribution in [3.63, 3.8) is 0 Å². The smallest absolute Gasteiger partial charge is 0.113 e. The first kappa shape index (κ1) is 11.7. The van der Waals surface area contributed by atoms with Crippen molar-refractivity contribution in [3.8, 4) is 0 Å². The second-order valence-electron chi connectivity index (χ2n) is 5.80. The normalized spacial score (nSPS) is 14.8. The lowest BCUT2D eigenvalue weighted by Gasteiger charge is -2.09. The first-order chi connectivity index (χ1) is 9.81. The standard InChI is InChI=1S/C18H18N2/c1-13-6-8-14(9-7-13)12-20-17-5-3-2-4-16(17)19-18(20)15-10-11-15/h2-9,15H,10-12H2,1H3. The third-order valence-electron chi connectivity index (χ3n) is 4.09. The Kier molecular flexibility index (Phi) is 2.62. The summed E-state index contributed by atoms with van der Waals surface area (Å²) in [5, 5.41) is 0. The van der Waals surface area contributed by atoms with Crippen LogP contribution in [0.4, 0.5) is 0 Å². The second-order valence-corrected chi connectivity index (χ2v) is 5.80. The summed E-state index contributed by atoms with van der Waals surface area (Å²) in [5.74, 6) is 1.94. The number of fused-ring (bicyclic) bond motifs is 1. The van der Waals surface area contributed by atoms with Crippen LogP contribution in [0.2, 0.25) is 0 Å². The molecule has 0 radical (unpaired) electrons. The van der Waals surface area contributed by atoms with Gasteiger partial charge in [-0.1, -0.05) is 42.0 Å². The summed E-state index contributed by atoms with van der Waals surface area (Å²) in [6.07, 6.45) is 2.58. The summed E-state index contributed by atoms with van der Waals surface area (Å²) >= 11 is 0. The molecule has 1 aliphatic rings. The molecule has 1 fully saturated rings. The summed E-state index contributed by atoms with van der Waals surface area (Å²) in [6, 6.07) is 17.3. The third kappa shape index (κ3) is 2.01. The van der Waals surface area contributed by atoms with Crippen LogP contribution in [0.5, 0.6) is 0 Å². The zero-order valence-electron chi connectivity index (χ0n) is 11.7. The number of nitrogens with zero attached hydrogens (tertiary/aromatic N) is 2. The van der Waals surface area contributed by atoms with Crippen LogP contribution in [-0.2, 0) is 6.54 Å². The molecular weight excluding hydrogens is 244 g/mol. The molecule has 1 aliphatic carbocycles. The van der Waals surface area contributed by atoms with Crippen LogP contribution in [0.15, 0.2) is 48.5 Å². The van der Waals surface area contributed by atoms with E-state index in [0.29, 0.717) is 5.92 Å². The summed E-state index contributed by atoms with van der Waals surface area (Å²) in [4.78, 5) is 4.85. The fourth-order valence-electron chi connectivity index (χ4n) is 2.79. The van der Waals surface area contributed by atoms with E-state index >= 15 is 0 Å². The largest absolute Gasteiger partial charge is 0.323 e. The molecular formula is C18H18N2. The van der Waals surface area contributed by atoms with Gasteiger partial charge in [-0.05, 0) is 37.5 Å². The van der Waals surface area contributed by atoms with Crippen molar-refractivity contribution in [2.24, 2.45) is 0 Å². The Balaban J connectivity index is 1.80. The van der Waals surface area contributed by atoms with E-state index in [-0.39, 0.29) is 0 Å². The fourth-order valence-corrected chi connectivity index (χ4v) is 2.79. The molecule has 1 aromatic heterocycles. The maximum absolute atomic E-state index is 4.85. The van der Waals surface area contributed by atoms with E-state index in [1.807, 2.05) is 0 Å². The molecule has 0 spiro atoms. The van der Waals surface area contributed by atoms with E-state index in [0.717, 1.165) is 12.1 Å². The molecule has 0 amide bonds. The van der Waals surface area contributed by atoms with Crippen molar-refractivity contribution >= 4 is 11.0 Å². The van der Waals surface area contributed by atoms with Gasteiger partial charge in [-0.3, -0.25) is 0 Å². The average Bonchev–Trinajstić information content (AvgIpc) is 3.25. The number of rotatable bonds is 3. The van der Waals surface area contributed by atoms with Crippen molar-refractivity contribution in [3.05, 3.63) is 65.5 Å². The molecule has 0 bridgehead atoms. The molecule has 0 saturated heterocycles. The van der Waals surface area contributed by atoms with E-state index in [4.69, 9.17) is 4.98 Å². The zero-order chi connectivity index (χ0) is 13.5. The van der Waals surface area contributed by atoms with E-state index in [1.165, 1.54) is 35.3 Å². The van der Waals surface area contributed by atoms with Crippen molar-refractivity contribution in [2.45, 2.75) is 32.2 Å². The van der Waals surface area contributed by atoms with Crippen molar-refractivity contribution in [2.75, 3.05) is 0 Å². The van der Waals surface area contributed by atoms with Crippen molar-refractivity contribution in [1.29, 1.82) is 0 Å². The Morgan fingerprint density at radius 1 is 1.05 bits per heavy atom. The van der Waals surface area contributed by atoms with Gasteiger partial charge in [0, 0.05) is 12.5 Å². The highest BCUT2D eigenvalue weighted by Crippen LogP contribution is 2.40. The van der Waals surface area contributed by atoms with Gasteiger partial charge in [0.1, 0.15) is 5.82 Å². The topological polar surface area (TPSA) is 17.8 Å². The van der Waals surface area contributed by atoms with Crippen LogP contribution in [0.1, 0.15) is 35.7 Å². The Morgan fingerprint density at radius 2 is 1.80 bits per heavy atom. The van der Waals surface area contributed by atoms with E-state index in [1.54, 1.807) is 0 Å². The molecule has 4 rings (SSSR count). The van der Waals surface area contributed by atoms with Gasteiger partial charge in [0.2, 0.25) is 0 Å². The SMILES string of the molecule is Cc1ccc(Cn2c(C3CC3)nc3ccccc32)cc1. The number of imidazole rings is 1. The van der Waals surface area contributed by atoms with Gasteiger partial charge < -0.3 is 4.57 Å². The van der Waals surface area contributed by atoms with E-state index in [9.17, 15) is 0 Å². The molecule has 2 nitrogen and oxygen atoms in total. The monoisotopic (exact) mass is 262 g/mol. The summed E-state index contributed by atoms with van der Waals surface area (Å²) in [7, 11) is 0. The lowest BCUT2D eigenvalue weighted by Crippen LogP contribution is -2.04. The Labute approximate surface area is 119 Å². The van der Waals surface area contributed by atoms with E-state index < -0.39 is 0 Å². The second kappa shape index (κ2) is 4.48. The average molecular weight is 262 g/mol. The lowest BCUT2D eigenvalue weighted by molar-refractivity contribution is 0.747. The summed E-state index contributed by atoms with van der Waals surface area (Å²) in [6.45, 7) is 3.05. The molecule has 2 aromatic carbocycles. The molecule has 1 saturated carbocycles. The third-order valence-corrected chi connectivity index (χ3v) is 4.09. The van der Waals surface area contributed by atoms with Crippen LogP contribution < -0.4 is 0 Å². The van der Waals surface area contributed by atoms with Gasteiger partial charge in [0.05, 0.1) is 11.0 Å². The predicted molar refractivity (Wildman–Crippen MR) is 82.0 cm³/mol. The highest BCUT2D eigenvalue weighted by Gasteiger charge is 2.29. The van der Waals surface area contributed by atoms with Crippen LogP contribution in [0.25, 0.3) is 11.0 Å². The first-order valence-corrected chi connectivity index (χ1v) is 7.32.